The van der Waals surface area contributed by atoms with Gasteiger partial charge in [0.15, 0.2) is 5.17 Å². The Labute approximate surface area is 200 Å². The molecular weight excluding hydrogens is 482 g/mol. The molecule has 4 rings (SSSR count). The van der Waals surface area contributed by atoms with Crippen molar-refractivity contribution < 1.29 is 18.0 Å². The zero-order valence-corrected chi connectivity index (χ0v) is 19.5. The molecule has 1 heterocycles. The molecule has 3 aromatic carbocycles. The summed E-state index contributed by atoms with van der Waals surface area (Å²) in [6.07, 6.45) is -0.153. The van der Waals surface area contributed by atoms with E-state index in [-0.39, 0.29) is 22.4 Å². The van der Waals surface area contributed by atoms with Gasteiger partial charge in [0.05, 0.1) is 10.6 Å². The molecule has 1 unspecified atom stereocenters. The second kappa shape index (κ2) is 9.78. The fraction of sp³-hybridized carbons (Fsp3) is 0.0870. The van der Waals surface area contributed by atoms with E-state index in [2.05, 4.69) is 9.71 Å². The predicted molar refractivity (Wildman–Crippen MR) is 131 cm³/mol. The van der Waals surface area contributed by atoms with Crippen molar-refractivity contribution in [2.24, 2.45) is 4.40 Å². The van der Waals surface area contributed by atoms with Gasteiger partial charge in [-0.15, -0.1) is 4.40 Å². The molecule has 0 radical (unpaired) electrons. The average Bonchev–Trinajstić information content (AvgIpc) is 3.10. The summed E-state index contributed by atoms with van der Waals surface area (Å²) in [5.41, 5.74) is 1.01. The van der Waals surface area contributed by atoms with Crippen LogP contribution in [0.3, 0.4) is 0 Å². The highest BCUT2D eigenvalue weighted by molar-refractivity contribution is 8.16. The lowest BCUT2D eigenvalue weighted by atomic mass is 10.2. The molecule has 10 heteroatoms. The SMILES string of the molecule is O=C(CC1SC(=NS(=O)(=O)c2ccccc2)N(c2ccccc2)C1=O)Nc1ccc(Cl)cc1. The molecule has 7 nitrogen and oxygen atoms in total. The van der Waals surface area contributed by atoms with Crippen LogP contribution >= 0.6 is 23.4 Å². The number of amidine groups is 1. The van der Waals surface area contributed by atoms with Crippen LogP contribution in [0, 0.1) is 0 Å². The first-order valence-electron chi connectivity index (χ1n) is 9.84. The molecule has 0 aliphatic carbocycles. The van der Waals surface area contributed by atoms with Crippen molar-refractivity contribution in [3.05, 3.63) is 90.0 Å². The van der Waals surface area contributed by atoms with Crippen LogP contribution in [0.25, 0.3) is 0 Å². The number of thioether (sulfide) groups is 1. The number of sulfonamides is 1. The molecule has 0 bridgehead atoms. The third-order valence-corrected chi connectivity index (χ3v) is 7.47. The standard InChI is InChI=1S/C23H18ClN3O4S2/c24-16-11-13-17(14-12-16)25-21(28)15-20-22(29)27(18-7-3-1-4-8-18)23(32-20)26-33(30,31)19-9-5-2-6-10-19/h1-14,20H,15H2,(H,25,28). The number of carbonyl (C=O) groups excluding carboxylic acids is 2. The molecule has 0 aromatic heterocycles. The number of hydrogen-bond donors (Lipinski definition) is 1. The van der Waals surface area contributed by atoms with Crippen molar-refractivity contribution in [1.82, 2.24) is 0 Å². The van der Waals surface area contributed by atoms with Crippen LogP contribution in [0.1, 0.15) is 6.42 Å². The second-order valence-corrected chi connectivity index (χ2v) is 10.2. The van der Waals surface area contributed by atoms with Gasteiger partial charge in [-0.25, -0.2) is 0 Å². The molecular formula is C23H18ClN3O4S2. The lowest BCUT2D eigenvalue weighted by Gasteiger charge is -2.16. The van der Waals surface area contributed by atoms with Crippen LogP contribution in [0.2, 0.25) is 5.02 Å². The van der Waals surface area contributed by atoms with E-state index in [1.165, 1.54) is 17.0 Å². The normalized spacial score (nSPS) is 17.4. The van der Waals surface area contributed by atoms with E-state index >= 15 is 0 Å². The molecule has 1 saturated heterocycles. The third kappa shape index (κ3) is 5.44. The monoisotopic (exact) mass is 499 g/mol. The van der Waals surface area contributed by atoms with E-state index in [9.17, 15) is 18.0 Å². The fourth-order valence-electron chi connectivity index (χ4n) is 3.14. The number of benzene rings is 3. The molecule has 1 aliphatic heterocycles. The van der Waals surface area contributed by atoms with Gasteiger partial charge in [-0.05, 0) is 48.5 Å². The van der Waals surface area contributed by atoms with E-state index in [0.717, 1.165) is 11.8 Å². The fourth-order valence-corrected chi connectivity index (χ4v) is 5.62. The van der Waals surface area contributed by atoms with Crippen molar-refractivity contribution >= 4 is 61.7 Å². The maximum Gasteiger partial charge on any atom is 0.284 e. The van der Waals surface area contributed by atoms with Gasteiger partial charge in [-0.2, -0.15) is 8.42 Å². The van der Waals surface area contributed by atoms with Crippen molar-refractivity contribution in [3.63, 3.8) is 0 Å². The van der Waals surface area contributed by atoms with Gasteiger partial charge in [0, 0.05) is 17.1 Å². The Bertz CT molecular complexity index is 1300. The van der Waals surface area contributed by atoms with Gasteiger partial charge in [0.2, 0.25) is 11.8 Å². The summed E-state index contributed by atoms with van der Waals surface area (Å²) < 4.78 is 29.6. The Morgan fingerprint density at radius 3 is 2.21 bits per heavy atom. The first-order valence-corrected chi connectivity index (χ1v) is 12.5. The summed E-state index contributed by atoms with van der Waals surface area (Å²) in [5, 5.41) is 2.42. The van der Waals surface area contributed by atoms with Crippen LogP contribution in [0.15, 0.2) is 94.2 Å². The summed E-state index contributed by atoms with van der Waals surface area (Å²) in [6.45, 7) is 0. The van der Waals surface area contributed by atoms with Crippen LogP contribution in [0.5, 0.6) is 0 Å². The molecule has 2 amide bonds. The predicted octanol–water partition coefficient (Wildman–Crippen LogP) is 4.56. The summed E-state index contributed by atoms with van der Waals surface area (Å²) >= 11 is 6.81. The van der Waals surface area contributed by atoms with Crippen molar-refractivity contribution in [2.45, 2.75) is 16.6 Å². The molecule has 0 saturated carbocycles. The van der Waals surface area contributed by atoms with Crippen LogP contribution < -0.4 is 10.2 Å². The maximum atomic E-state index is 13.2. The first kappa shape index (κ1) is 23.0. The summed E-state index contributed by atoms with van der Waals surface area (Å²) in [5.74, 6) is -0.803. The maximum absolute atomic E-state index is 13.2. The van der Waals surface area contributed by atoms with Gasteiger partial charge in [-0.1, -0.05) is 59.8 Å². The number of para-hydroxylation sites is 1. The van der Waals surface area contributed by atoms with Crippen molar-refractivity contribution in [3.8, 4) is 0 Å². The van der Waals surface area contributed by atoms with Crippen LogP contribution in [0.4, 0.5) is 11.4 Å². The minimum Gasteiger partial charge on any atom is -0.326 e. The molecule has 33 heavy (non-hydrogen) atoms. The van der Waals surface area contributed by atoms with Gasteiger partial charge >= 0.3 is 0 Å². The lowest BCUT2D eigenvalue weighted by molar-refractivity contribution is -0.121. The van der Waals surface area contributed by atoms with E-state index in [0.29, 0.717) is 16.4 Å². The largest absolute Gasteiger partial charge is 0.326 e. The van der Waals surface area contributed by atoms with Crippen LogP contribution in [-0.2, 0) is 19.6 Å². The summed E-state index contributed by atoms with van der Waals surface area (Å²) in [6, 6.07) is 23.0. The Hall–Kier alpha value is -3.14. The molecule has 0 spiro atoms. The number of rotatable bonds is 6. The average molecular weight is 500 g/mol. The lowest BCUT2D eigenvalue weighted by Crippen LogP contribution is -2.33. The number of amides is 2. The Morgan fingerprint density at radius 2 is 1.58 bits per heavy atom. The second-order valence-electron chi connectivity index (χ2n) is 7.04. The van der Waals surface area contributed by atoms with Crippen molar-refractivity contribution in [2.75, 3.05) is 10.2 Å². The summed E-state index contributed by atoms with van der Waals surface area (Å²) in [4.78, 5) is 27.0. The number of nitrogens with zero attached hydrogens (tertiary/aromatic N) is 2. The first-order chi connectivity index (χ1) is 15.8. The number of anilines is 2. The smallest absolute Gasteiger partial charge is 0.284 e. The van der Waals surface area contributed by atoms with E-state index < -0.39 is 21.2 Å². The summed E-state index contributed by atoms with van der Waals surface area (Å²) in [7, 11) is -4.05. The van der Waals surface area contributed by atoms with Crippen molar-refractivity contribution in [1.29, 1.82) is 0 Å². The van der Waals surface area contributed by atoms with E-state index in [1.807, 2.05) is 0 Å². The van der Waals surface area contributed by atoms with Gasteiger partial charge in [0.25, 0.3) is 10.0 Å². The number of carbonyl (C=O) groups is 2. The Kier molecular flexibility index (Phi) is 6.83. The minimum absolute atomic E-state index is 0.000606. The molecule has 3 aromatic rings. The van der Waals surface area contributed by atoms with Gasteiger partial charge in [-0.3, -0.25) is 14.5 Å². The number of nitrogens with one attached hydrogen (secondary N) is 1. The zero-order valence-electron chi connectivity index (χ0n) is 17.1. The molecule has 1 fully saturated rings. The molecule has 168 valence electrons. The Morgan fingerprint density at radius 1 is 0.970 bits per heavy atom. The van der Waals surface area contributed by atoms with Crippen LogP contribution in [-0.4, -0.2) is 30.6 Å². The molecule has 1 aliphatic rings. The zero-order chi connectivity index (χ0) is 23.4. The minimum atomic E-state index is -4.05. The third-order valence-electron chi connectivity index (χ3n) is 4.69. The van der Waals surface area contributed by atoms with Gasteiger partial charge < -0.3 is 5.32 Å². The quantitative estimate of drug-likeness (QED) is 0.536. The highest BCUT2D eigenvalue weighted by Crippen LogP contribution is 2.35. The molecule has 1 atom stereocenters. The number of hydrogen-bond acceptors (Lipinski definition) is 5. The van der Waals surface area contributed by atoms with E-state index in [1.54, 1.807) is 72.8 Å². The topological polar surface area (TPSA) is 95.9 Å². The highest BCUT2D eigenvalue weighted by atomic mass is 35.5. The Balaban J connectivity index is 1.61. The highest BCUT2D eigenvalue weighted by Gasteiger charge is 2.41. The van der Waals surface area contributed by atoms with E-state index in [4.69, 9.17) is 11.6 Å². The number of halogens is 1. The van der Waals surface area contributed by atoms with Gasteiger partial charge in [0.1, 0.15) is 5.25 Å². The molecule has 1 N–H and O–H groups in total.